The van der Waals surface area contributed by atoms with Gasteiger partial charge in [-0.3, -0.25) is 9.80 Å². The van der Waals surface area contributed by atoms with Gasteiger partial charge < -0.3 is 30.8 Å². The van der Waals surface area contributed by atoms with Crippen molar-refractivity contribution in [2.24, 2.45) is 0 Å². The first kappa shape index (κ1) is 28.4. The molecule has 0 aromatic heterocycles. The van der Waals surface area contributed by atoms with Crippen LogP contribution in [0.4, 0.5) is 0 Å². The van der Waals surface area contributed by atoms with Crippen molar-refractivity contribution in [2.45, 2.75) is 31.7 Å². The van der Waals surface area contributed by atoms with E-state index in [1.807, 2.05) is 23.1 Å². The molecule has 0 bridgehead atoms. The molecule has 9 heteroatoms. The van der Waals surface area contributed by atoms with Gasteiger partial charge in [0, 0.05) is 45.8 Å². The van der Waals surface area contributed by atoms with Gasteiger partial charge in [0.05, 0.1) is 25.4 Å². The number of rotatable bonds is 8. The summed E-state index contributed by atoms with van der Waals surface area (Å²) in [6.07, 6.45) is -1.64. The van der Waals surface area contributed by atoms with Gasteiger partial charge in [0.1, 0.15) is 0 Å². The monoisotopic (exact) mass is 454 g/mol. The van der Waals surface area contributed by atoms with E-state index in [2.05, 4.69) is 21.9 Å². The van der Waals surface area contributed by atoms with Crippen molar-refractivity contribution < 1.29 is 43.0 Å². The molecule has 164 valence electrons. The van der Waals surface area contributed by atoms with Crippen LogP contribution in [-0.2, 0) is 23.6 Å². The zero-order valence-corrected chi connectivity index (χ0v) is 18.2. The summed E-state index contributed by atoms with van der Waals surface area (Å²) >= 11 is 0. The molecule has 5 N–H and O–H groups in total. The maximum Gasteiger partial charge on any atom is 6.00 e. The third kappa shape index (κ3) is 9.85. The van der Waals surface area contributed by atoms with Crippen molar-refractivity contribution in [1.29, 1.82) is 0 Å². The summed E-state index contributed by atoms with van der Waals surface area (Å²) < 4.78 is 0. The standard InChI is InChI=1S/C20H34N3O4.Fe.H2O/c1-17(26)13-21-7-8-22(14-18-5-3-2-4-6-18)10-12-23(11-9-21)19(15-24)20(27)16-25;;/h2-6,17,19-20,24-25,27H,7-16H2,1H3;;1H2/q-1;+6;/t17-,19+,20+;;/m0../s1. The number of hydrogen-bond acceptors (Lipinski definition) is 7. The number of nitrogens with zero attached hydrogens (tertiary/aromatic N) is 3. The summed E-state index contributed by atoms with van der Waals surface area (Å²) in [6, 6.07) is 9.77. The Labute approximate surface area is 184 Å². The predicted octanol–water partition coefficient (Wildman–Crippen LogP) is -2.26. The second-order valence-corrected chi connectivity index (χ2v) is 7.41. The SMILES string of the molecule is C[C@H]([O-])CN1CCN(Cc2ccccc2)CCN([C@H](CO)[C@H](O)CO)CC1.O.[Fe+6]. The Morgan fingerprint density at radius 3 is 2.03 bits per heavy atom. The number of hydrogen-bond donors (Lipinski definition) is 3. The summed E-state index contributed by atoms with van der Waals surface area (Å²) in [5, 5.41) is 40.8. The van der Waals surface area contributed by atoms with Gasteiger partial charge in [0.2, 0.25) is 0 Å². The first-order chi connectivity index (χ1) is 13.0. The van der Waals surface area contributed by atoms with Crippen molar-refractivity contribution >= 4 is 0 Å². The molecule has 0 spiro atoms. The van der Waals surface area contributed by atoms with E-state index in [0.717, 1.165) is 26.2 Å². The van der Waals surface area contributed by atoms with Crippen molar-refractivity contribution in [1.82, 2.24) is 14.7 Å². The van der Waals surface area contributed by atoms with Gasteiger partial charge in [-0.25, -0.2) is 0 Å². The Kier molecular flexibility index (Phi) is 15.0. The maximum atomic E-state index is 11.7. The second-order valence-electron chi connectivity index (χ2n) is 7.41. The number of benzene rings is 1. The molecule has 3 atom stereocenters. The molecule has 0 unspecified atom stereocenters. The van der Waals surface area contributed by atoms with Crippen molar-refractivity contribution in [2.75, 3.05) is 59.0 Å². The van der Waals surface area contributed by atoms with Crippen LogP contribution in [0.15, 0.2) is 30.3 Å². The topological polar surface area (TPSA) is 125 Å². The second kappa shape index (κ2) is 15.3. The zero-order chi connectivity index (χ0) is 19.6. The molecule has 8 nitrogen and oxygen atoms in total. The molecule has 1 aromatic carbocycles. The molecule has 1 saturated heterocycles. The third-order valence-corrected chi connectivity index (χ3v) is 5.19. The summed E-state index contributed by atoms with van der Waals surface area (Å²) in [7, 11) is 0. The summed E-state index contributed by atoms with van der Waals surface area (Å²) in [6.45, 7) is 6.92. The van der Waals surface area contributed by atoms with E-state index >= 15 is 0 Å². The minimum atomic E-state index is -0.981. The van der Waals surface area contributed by atoms with E-state index in [1.54, 1.807) is 6.92 Å². The van der Waals surface area contributed by atoms with Crippen molar-refractivity contribution in [3.8, 4) is 0 Å². The van der Waals surface area contributed by atoms with Crippen LogP contribution in [0.2, 0.25) is 0 Å². The molecule has 1 fully saturated rings. The average Bonchev–Trinajstić information content (AvgIpc) is 2.75. The van der Waals surface area contributed by atoms with Crippen LogP contribution in [0.1, 0.15) is 12.5 Å². The molecule has 1 aliphatic heterocycles. The zero-order valence-electron chi connectivity index (χ0n) is 17.1. The number of aliphatic hydroxyl groups excluding tert-OH is 3. The Balaban J connectivity index is 0.00000392. The maximum absolute atomic E-state index is 11.7. The van der Waals surface area contributed by atoms with Crippen molar-refractivity contribution in [3.05, 3.63) is 35.9 Å². The Hall–Kier alpha value is -0.581. The third-order valence-electron chi connectivity index (χ3n) is 5.19. The van der Waals surface area contributed by atoms with Gasteiger partial charge in [-0.15, -0.1) is 6.10 Å². The van der Waals surface area contributed by atoms with Gasteiger partial charge >= 0.3 is 17.1 Å². The Morgan fingerprint density at radius 1 is 0.931 bits per heavy atom. The van der Waals surface area contributed by atoms with E-state index < -0.39 is 18.2 Å². The Morgan fingerprint density at radius 2 is 1.48 bits per heavy atom. The normalized spacial score (nSPS) is 20.3. The van der Waals surface area contributed by atoms with Crippen LogP contribution in [-0.4, -0.2) is 113 Å². The van der Waals surface area contributed by atoms with E-state index in [9.17, 15) is 20.4 Å². The quantitative estimate of drug-likeness (QED) is 0.379. The Bertz CT molecular complexity index is 526. The molecule has 0 saturated carbocycles. The minimum Gasteiger partial charge on any atom is -0.851 e. The summed E-state index contributed by atoms with van der Waals surface area (Å²) in [5.41, 5.74) is 1.24. The fraction of sp³-hybridized carbons (Fsp3) is 0.700. The molecular weight excluding hydrogens is 418 g/mol. The van der Waals surface area contributed by atoms with Gasteiger partial charge in [-0.2, -0.15) is 0 Å². The van der Waals surface area contributed by atoms with Crippen molar-refractivity contribution in [3.63, 3.8) is 0 Å². The smallest absolute Gasteiger partial charge is 0.851 e. The molecule has 1 aromatic rings. The van der Waals surface area contributed by atoms with E-state index in [-0.39, 0.29) is 35.8 Å². The molecule has 1 aliphatic rings. The summed E-state index contributed by atoms with van der Waals surface area (Å²) in [4.78, 5) is 6.54. The van der Waals surface area contributed by atoms with E-state index in [1.165, 1.54) is 5.56 Å². The van der Waals surface area contributed by atoms with E-state index in [4.69, 9.17) is 0 Å². The van der Waals surface area contributed by atoms with E-state index in [0.29, 0.717) is 26.2 Å². The van der Waals surface area contributed by atoms with Gasteiger partial charge in [0.15, 0.2) is 0 Å². The van der Waals surface area contributed by atoms with Crippen LogP contribution in [0.3, 0.4) is 0 Å². The van der Waals surface area contributed by atoms with Crippen LogP contribution in [0, 0.1) is 0 Å². The fourth-order valence-electron chi connectivity index (χ4n) is 3.64. The van der Waals surface area contributed by atoms with Crippen LogP contribution in [0.25, 0.3) is 0 Å². The van der Waals surface area contributed by atoms with Gasteiger partial charge in [0.25, 0.3) is 0 Å². The first-order valence-corrected chi connectivity index (χ1v) is 9.81. The largest absolute Gasteiger partial charge is 6.00 e. The van der Waals surface area contributed by atoms with Crippen LogP contribution >= 0.6 is 0 Å². The molecule has 0 aliphatic carbocycles. The number of aliphatic hydroxyl groups is 3. The van der Waals surface area contributed by atoms with Crippen LogP contribution < -0.4 is 5.11 Å². The molecule has 0 amide bonds. The van der Waals surface area contributed by atoms with Gasteiger partial charge in [-0.05, 0) is 12.1 Å². The average molecular weight is 454 g/mol. The minimum absolute atomic E-state index is 0. The molecular formula is C20H36FeN3O5+5. The molecule has 2 rings (SSSR count). The van der Waals surface area contributed by atoms with Gasteiger partial charge in [-0.1, -0.05) is 37.3 Å². The fourth-order valence-corrected chi connectivity index (χ4v) is 3.64. The predicted molar refractivity (Wildman–Crippen MR) is 107 cm³/mol. The summed E-state index contributed by atoms with van der Waals surface area (Å²) in [5.74, 6) is 0. The first-order valence-electron chi connectivity index (χ1n) is 9.81. The van der Waals surface area contributed by atoms with Crippen LogP contribution in [0.5, 0.6) is 0 Å². The molecule has 1 heterocycles. The molecule has 29 heavy (non-hydrogen) atoms. The molecule has 0 radical (unpaired) electrons.